The molecule has 0 spiro atoms. The Morgan fingerprint density at radius 3 is 2.26 bits per heavy atom. The maximum Gasteiger partial charge on any atom is 0.244 e. The average Bonchev–Trinajstić information content (AvgIpc) is 2.68. The van der Waals surface area contributed by atoms with E-state index in [4.69, 9.17) is 4.74 Å². The second-order valence-electron chi connectivity index (χ2n) is 6.81. The summed E-state index contributed by atoms with van der Waals surface area (Å²) in [5.74, 6) is 0.636. The Hall–Kier alpha value is -2.38. The zero-order chi connectivity index (χ0) is 19.6. The molecular weight excluding hydrogens is 364 g/mol. The van der Waals surface area contributed by atoms with Crippen LogP contribution in [0.2, 0.25) is 0 Å². The first-order valence-electron chi connectivity index (χ1n) is 8.88. The molecule has 27 heavy (non-hydrogen) atoms. The third-order valence-electron chi connectivity index (χ3n) is 4.75. The maximum atomic E-state index is 13.2. The highest BCUT2D eigenvalue weighted by Crippen LogP contribution is 2.31. The lowest BCUT2D eigenvalue weighted by molar-refractivity contribution is -0.126. The number of rotatable bonds is 5. The SMILES string of the molecule is COc1ccc(C2C(=O)NCCN2S(=O)(=O)c2ccc(C(C)C)cc2)cc1. The van der Waals surface area contributed by atoms with Gasteiger partial charge in [-0.15, -0.1) is 0 Å². The van der Waals surface area contributed by atoms with E-state index in [-0.39, 0.29) is 23.9 Å². The highest BCUT2D eigenvalue weighted by atomic mass is 32.2. The van der Waals surface area contributed by atoms with Crippen LogP contribution in [-0.2, 0) is 14.8 Å². The average molecular weight is 388 g/mol. The molecule has 0 bridgehead atoms. The van der Waals surface area contributed by atoms with Gasteiger partial charge in [0.25, 0.3) is 0 Å². The molecule has 1 aliphatic rings. The molecule has 1 N–H and O–H groups in total. The van der Waals surface area contributed by atoms with E-state index >= 15 is 0 Å². The Bertz CT molecular complexity index is 906. The van der Waals surface area contributed by atoms with Gasteiger partial charge in [-0.2, -0.15) is 4.31 Å². The number of methoxy groups -OCH3 is 1. The van der Waals surface area contributed by atoms with Gasteiger partial charge in [-0.3, -0.25) is 4.79 Å². The Balaban J connectivity index is 1.98. The van der Waals surface area contributed by atoms with Gasteiger partial charge >= 0.3 is 0 Å². The van der Waals surface area contributed by atoms with Crippen LogP contribution in [0.5, 0.6) is 5.75 Å². The molecule has 144 valence electrons. The van der Waals surface area contributed by atoms with Crippen molar-refractivity contribution in [3.05, 3.63) is 59.7 Å². The second kappa shape index (κ2) is 7.70. The van der Waals surface area contributed by atoms with E-state index in [1.807, 2.05) is 12.1 Å². The normalized spacial score (nSPS) is 18.4. The smallest absolute Gasteiger partial charge is 0.244 e. The molecule has 6 nitrogen and oxygen atoms in total. The minimum Gasteiger partial charge on any atom is -0.497 e. The summed E-state index contributed by atoms with van der Waals surface area (Å²) in [4.78, 5) is 12.7. The van der Waals surface area contributed by atoms with Crippen LogP contribution in [0.3, 0.4) is 0 Å². The Morgan fingerprint density at radius 2 is 1.70 bits per heavy atom. The van der Waals surface area contributed by atoms with Crippen LogP contribution in [-0.4, -0.2) is 38.8 Å². The first-order valence-corrected chi connectivity index (χ1v) is 10.3. The van der Waals surface area contributed by atoms with Gasteiger partial charge in [0, 0.05) is 13.1 Å². The van der Waals surface area contributed by atoms with Gasteiger partial charge in [0.1, 0.15) is 11.8 Å². The van der Waals surface area contributed by atoms with Crippen molar-refractivity contribution in [2.45, 2.75) is 30.7 Å². The van der Waals surface area contributed by atoms with Crippen molar-refractivity contribution in [1.29, 1.82) is 0 Å². The number of carbonyl (C=O) groups is 1. The van der Waals surface area contributed by atoms with Gasteiger partial charge in [0.2, 0.25) is 15.9 Å². The predicted molar refractivity (Wildman–Crippen MR) is 103 cm³/mol. The quantitative estimate of drug-likeness (QED) is 0.854. The van der Waals surface area contributed by atoms with Crippen molar-refractivity contribution in [3.8, 4) is 5.75 Å². The number of carbonyl (C=O) groups excluding carboxylic acids is 1. The van der Waals surface area contributed by atoms with E-state index in [2.05, 4.69) is 19.2 Å². The highest BCUT2D eigenvalue weighted by molar-refractivity contribution is 7.89. The molecule has 1 atom stereocenters. The molecule has 1 fully saturated rings. The first-order chi connectivity index (χ1) is 12.8. The van der Waals surface area contributed by atoms with E-state index in [0.717, 1.165) is 5.56 Å². The summed E-state index contributed by atoms with van der Waals surface area (Å²) in [5, 5.41) is 2.76. The molecule has 0 saturated carbocycles. The van der Waals surface area contributed by atoms with E-state index in [1.165, 1.54) is 4.31 Å². The second-order valence-corrected chi connectivity index (χ2v) is 8.70. The van der Waals surface area contributed by atoms with Crippen LogP contribution in [0.15, 0.2) is 53.4 Å². The largest absolute Gasteiger partial charge is 0.497 e. The van der Waals surface area contributed by atoms with Crippen molar-refractivity contribution < 1.29 is 17.9 Å². The number of sulfonamides is 1. The van der Waals surface area contributed by atoms with E-state index in [9.17, 15) is 13.2 Å². The van der Waals surface area contributed by atoms with E-state index < -0.39 is 16.1 Å². The van der Waals surface area contributed by atoms with Crippen LogP contribution in [0.25, 0.3) is 0 Å². The molecule has 1 heterocycles. The van der Waals surface area contributed by atoms with Crippen LogP contribution < -0.4 is 10.1 Å². The van der Waals surface area contributed by atoms with Gasteiger partial charge in [-0.1, -0.05) is 38.1 Å². The lowest BCUT2D eigenvalue weighted by Gasteiger charge is -2.34. The molecule has 2 aromatic carbocycles. The molecule has 7 heteroatoms. The molecule has 1 amide bonds. The third-order valence-corrected chi connectivity index (χ3v) is 6.63. The van der Waals surface area contributed by atoms with Crippen molar-refractivity contribution in [2.75, 3.05) is 20.2 Å². The Morgan fingerprint density at radius 1 is 1.07 bits per heavy atom. The van der Waals surface area contributed by atoms with Crippen molar-refractivity contribution >= 4 is 15.9 Å². The molecular formula is C20H24N2O4S. The summed E-state index contributed by atoms with van der Waals surface area (Å²) in [6.07, 6.45) is 0. The van der Waals surface area contributed by atoms with Crippen LogP contribution in [0, 0.1) is 0 Å². The van der Waals surface area contributed by atoms with Gasteiger partial charge in [0.15, 0.2) is 0 Å². The van der Waals surface area contributed by atoms with Crippen molar-refractivity contribution in [2.24, 2.45) is 0 Å². The number of hydrogen-bond acceptors (Lipinski definition) is 4. The lowest BCUT2D eigenvalue weighted by Crippen LogP contribution is -2.52. The fraction of sp³-hybridized carbons (Fsp3) is 0.350. The number of amides is 1. The fourth-order valence-electron chi connectivity index (χ4n) is 3.17. The molecule has 0 aromatic heterocycles. The van der Waals surface area contributed by atoms with Gasteiger partial charge in [0.05, 0.1) is 12.0 Å². The monoisotopic (exact) mass is 388 g/mol. The number of benzene rings is 2. The standard InChI is InChI=1S/C20H24N2O4S/c1-14(2)15-6-10-18(11-7-15)27(24,25)22-13-12-21-20(23)19(22)16-4-8-17(26-3)9-5-16/h4-11,14,19H,12-13H2,1-3H3,(H,21,23). The molecule has 1 unspecified atom stereocenters. The molecule has 0 radical (unpaired) electrons. The van der Waals surface area contributed by atoms with Crippen LogP contribution in [0.1, 0.15) is 36.9 Å². The topological polar surface area (TPSA) is 75.7 Å². The van der Waals surface area contributed by atoms with Gasteiger partial charge in [-0.05, 0) is 41.3 Å². The summed E-state index contributed by atoms with van der Waals surface area (Å²) in [7, 11) is -2.25. The van der Waals surface area contributed by atoms with Crippen molar-refractivity contribution in [3.63, 3.8) is 0 Å². The predicted octanol–water partition coefficient (Wildman–Crippen LogP) is 2.68. The molecule has 1 saturated heterocycles. The van der Waals surface area contributed by atoms with Gasteiger partial charge < -0.3 is 10.1 Å². The molecule has 0 aliphatic carbocycles. The lowest BCUT2D eigenvalue weighted by atomic mass is 10.0. The highest BCUT2D eigenvalue weighted by Gasteiger charge is 2.39. The number of hydrogen-bond donors (Lipinski definition) is 1. The zero-order valence-corrected chi connectivity index (χ0v) is 16.5. The van der Waals surface area contributed by atoms with E-state index in [0.29, 0.717) is 17.2 Å². The minimum atomic E-state index is -3.81. The third kappa shape index (κ3) is 3.84. The summed E-state index contributed by atoms with van der Waals surface area (Å²) in [6, 6.07) is 12.9. The summed E-state index contributed by atoms with van der Waals surface area (Å²) >= 11 is 0. The van der Waals surface area contributed by atoms with Gasteiger partial charge in [-0.25, -0.2) is 8.42 Å². The first kappa shape index (κ1) is 19.4. The summed E-state index contributed by atoms with van der Waals surface area (Å²) in [5.41, 5.74) is 1.67. The summed E-state index contributed by atoms with van der Waals surface area (Å²) < 4.78 is 32.9. The maximum absolute atomic E-state index is 13.2. The van der Waals surface area contributed by atoms with E-state index in [1.54, 1.807) is 43.5 Å². The Labute approximate surface area is 160 Å². The number of piperazine rings is 1. The van der Waals surface area contributed by atoms with Crippen LogP contribution in [0.4, 0.5) is 0 Å². The minimum absolute atomic E-state index is 0.195. The number of nitrogens with zero attached hydrogens (tertiary/aromatic N) is 1. The molecule has 3 rings (SSSR count). The van der Waals surface area contributed by atoms with Crippen LogP contribution >= 0.6 is 0 Å². The molecule has 1 aliphatic heterocycles. The summed E-state index contributed by atoms with van der Waals surface area (Å²) in [6.45, 7) is 4.61. The van der Waals surface area contributed by atoms with Crippen molar-refractivity contribution in [1.82, 2.24) is 9.62 Å². The number of nitrogens with one attached hydrogen (secondary N) is 1. The molecule has 2 aromatic rings. The fourth-order valence-corrected chi connectivity index (χ4v) is 4.75. The number of ether oxygens (including phenoxy) is 1. The zero-order valence-electron chi connectivity index (χ0n) is 15.7. The Kier molecular flexibility index (Phi) is 5.53.